The number of likely N-dealkylation sites (tertiary alicyclic amines) is 2. The third kappa shape index (κ3) is 7.92. The lowest BCUT2D eigenvalue weighted by Crippen LogP contribution is -2.54. The summed E-state index contributed by atoms with van der Waals surface area (Å²) in [5.74, 6) is 0.252. The molecule has 6 heterocycles. The molecule has 15 heteroatoms. The number of nitrogens with zero attached hydrogens (tertiary/aromatic N) is 7. The number of hydrogen-bond acceptors (Lipinski definition) is 12. The van der Waals surface area contributed by atoms with E-state index in [1.807, 2.05) is 71.4 Å². The fourth-order valence-electron chi connectivity index (χ4n) is 8.91. The number of fused-ring (bicyclic) bond motifs is 2. The smallest absolute Gasteiger partial charge is 0.262 e. The van der Waals surface area contributed by atoms with Crippen molar-refractivity contribution in [3.8, 4) is 22.8 Å². The van der Waals surface area contributed by atoms with Gasteiger partial charge in [0.2, 0.25) is 11.8 Å². The van der Waals surface area contributed by atoms with Gasteiger partial charge in [0.1, 0.15) is 35.4 Å². The van der Waals surface area contributed by atoms with Crippen LogP contribution in [0.3, 0.4) is 0 Å². The Morgan fingerprint density at radius 2 is 1.53 bits per heavy atom. The highest BCUT2D eigenvalue weighted by molar-refractivity contribution is 6.23. The summed E-state index contributed by atoms with van der Waals surface area (Å²) in [6, 6.07) is 22.2. The van der Waals surface area contributed by atoms with Gasteiger partial charge >= 0.3 is 0 Å². The molecular weight excluding hydrogens is 751 g/mol. The van der Waals surface area contributed by atoms with Gasteiger partial charge in [0.15, 0.2) is 5.65 Å². The van der Waals surface area contributed by atoms with Gasteiger partial charge in [-0.2, -0.15) is 5.10 Å². The highest BCUT2D eigenvalue weighted by atomic mass is 16.5. The van der Waals surface area contributed by atoms with E-state index in [1.54, 1.807) is 6.07 Å². The Labute approximate surface area is 341 Å². The van der Waals surface area contributed by atoms with Crippen LogP contribution >= 0.6 is 0 Å². The van der Waals surface area contributed by atoms with Gasteiger partial charge in [-0.25, -0.2) is 14.6 Å². The predicted molar refractivity (Wildman–Crippen MR) is 219 cm³/mol. The van der Waals surface area contributed by atoms with E-state index in [4.69, 9.17) is 20.3 Å². The lowest BCUT2D eigenvalue weighted by atomic mass is 9.88. The van der Waals surface area contributed by atoms with Crippen molar-refractivity contribution in [3.05, 3.63) is 95.8 Å². The zero-order valence-corrected chi connectivity index (χ0v) is 32.8. The Hall–Kier alpha value is -6.03. The van der Waals surface area contributed by atoms with E-state index in [0.717, 1.165) is 109 Å². The highest BCUT2D eigenvalue weighted by Crippen LogP contribution is 2.36. The number of imide groups is 2. The molecule has 0 aliphatic carbocycles. The third-order valence-electron chi connectivity index (χ3n) is 12.1. The van der Waals surface area contributed by atoms with Gasteiger partial charge in [0.25, 0.3) is 11.8 Å². The number of amides is 4. The minimum absolute atomic E-state index is 0.0980. The van der Waals surface area contributed by atoms with Gasteiger partial charge in [-0.15, -0.1) is 0 Å². The lowest BCUT2D eigenvalue weighted by molar-refractivity contribution is -0.136. The van der Waals surface area contributed by atoms with Gasteiger partial charge in [0, 0.05) is 31.6 Å². The van der Waals surface area contributed by atoms with E-state index in [0.29, 0.717) is 30.2 Å². The molecule has 4 amide bonds. The maximum Gasteiger partial charge on any atom is 0.262 e. The molecule has 9 rings (SSSR count). The molecule has 2 unspecified atom stereocenters. The molecule has 2 atom stereocenters. The molecule has 3 fully saturated rings. The lowest BCUT2D eigenvalue weighted by Gasteiger charge is -2.33. The van der Waals surface area contributed by atoms with Gasteiger partial charge in [0.05, 0.1) is 35.8 Å². The monoisotopic (exact) mass is 797 g/mol. The third-order valence-corrected chi connectivity index (χ3v) is 12.1. The summed E-state index contributed by atoms with van der Waals surface area (Å²) in [5, 5.41) is 8.11. The van der Waals surface area contributed by atoms with Crippen LogP contribution in [-0.4, -0.2) is 117 Å². The predicted octanol–water partition coefficient (Wildman–Crippen LogP) is 4.80. The second-order valence-corrected chi connectivity index (χ2v) is 15.8. The number of para-hydroxylation sites is 1. The van der Waals surface area contributed by atoms with Crippen LogP contribution in [0.5, 0.6) is 11.5 Å². The van der Waals surface area contributed by atoms with Crippen molar-refractivity contribution in [2.24, 2.45) is 0 Å². The highest BCUT2D eigenvalue weighted by Gasteiger charge is 2.45. The van der Waals surface area contributed by atoms with Crippen LogP contribution in [0.15, 0.2) is 79.1 Å². The van der Waals surface area contributed by atoms with E-state index < -0.39 is 23.8 Å². The Morgan fingerprint density at radius 1 is 0.780 bits per heavy atom. The van der Waals surface area contributed by atoms with Gasteiger partial charge in [-0.3, -0.25) is 34.3 Å². The topological polar surface area (TPSA) is 178 Å². The van der Waals surface area contributed by atoms with Crippen LogP contribution in [0.4, 0.5) is 5.82 Å². The van der Waals surface area contributed by atoms with Crippen LogP contribution < -0.4 is 15.8 Å². The van der Waals surface area contributed by atoms with E-state index in [-0.39, 0.29) is 30.7 Å². The molecule has 4 aliphatic rings. The van der Waals surface area contributed by atoms with E-state index in [9.17, 15) is 19.2 Å². The molecule has 0 radical (unpaired) electrons. The first-order valence-electron chi connectivity index (χ1n) is 20.5. The van der Waals surface area contributed by atoms with Crippen LogP contribution in [0.1, 0.15) is 76.8 Å². The molecule has 3 aromatic carbocycles. The van der Waals surface area contributed by atoms with Crippen molar-refractivity contribution in [1.82, 2.24) is 39.8 Å². The average Bonchev–Trinajstić information content (AvgIpc) is 3.77. The molecule has 15 nitrogen and oxygen atoms in total. The number of aromatic nitrogens is 4. The van der Waals surface area contributed by atoms with Gasteiger partial charge < -0.3 is 20.1 Å². The minimum Gasteiger partial charge on any atom is -0.457 e. The number of nitrogen functional groups attached to an aromatic ring is 1. The SMILES string of the molecule is Nc1ncnc2c1c(-c1ccc(Oc3ccccc3)cc1)nn2C1CCCN(CCOCCN2CCC(c3ccc4c(c3)C(=O)N(C3CCC(=O)NC3=O)C4=O)CC2)C1. The molecule has 3 N–H and O–H groups in total. The van der Waals surface area contributed by atoms with Crippen molar-refractivity contribution in [3.63, 3.8) is 0 Å². The number of nitrogens with one attached hydrogen (secondary N) is 1. The Bertz CT molecular complexity index is 2380. The second-order valence-electron chi connectivity index (χ2n) is 15.8. The van der Waals surface area contributed by atoms with E-state index >= 15 is 0 Å². The van der Waals surface area contributed by atoms with Crippen molar-refractivity contribution in [2.45, 2.75) is 56.5 Å². The quantitative estimate of drug-likeness (QED) is 0.130. The molecular formula is C44H47N9O6. The number of rotatable bonds is 12. The Morgan fingerprint density at radius 3 is 2.31 bits per heavy atom. The molecule has 4 aliphatic heterocycles. The zero-order chi connectivity index (χ0) is 40.5. The first kappa shape index (κ1) is 38.5. The number of hydrogen-bond donors (Lipinski definition) is 2. The normalized spacial score (nSPS) is 20.6. The van der Waals surface area contributed by atoms with E-state index in [2.05, 4.69) is 25.1 Å². The maximum atomic E-state index is 13.3. The first-order chi connectivity index (χ1) is 28.8. The van der Waals surface area contributed by atoms with Gasteiger partial charge in [-0.05, 0) is 112 Å². The van der Waals surface area contributed by atoms with Crippen LogP contribution in [0.2, 0.25) is 0 Å². The average molecular weight is 798 g/mol. The summed E-state index contributed by atoms with van der Waals surface area (Å²) >= 11 is 0. The standard InChI is InChI=1S/C44H47N9O6/c45-40-38-39(29-8-11-33(12-9-29)59-32-6-2-1-3-7-32)49-53(41(38)47-27-46-40)31-5-4-18-51(26-31)22-24-58-23-21-50-19-16-28(17-20-50)30-10-13-34-35(25-30)44(57)52(43(34)56)36-14-15-37(54)48-42(36)55/h1-3,6-13,25,27-28,31,36H,4-5,14-24,26H2,(H2,45,46,47)(H,48,54,55). The summed E-state index contributed by atoms with van der Waals surface area (Å²) < 4.78 is 14.2. The molecule has 3 saturated heterocycles. The molecule has 0 bridgehead atoms. The fourth-order valence-corrected chi connectivity index (χ4v) is 8.91. The number of nitrogens with two attached hydrogens (primary N) is 1. The van der Waals surface area contributed by atoms with Crippen LogP contribution in [0.25, 0.3) is 22.3 Å². The zero-order valence-electron chi connectivity index (χ0n) is 32.8. The maximum absolute atomic E-state index is 13.3. The summed E-state index contributed by atoms with van der Waals surface area (Å²) in [7, 11) is 0. The van der Waals surface area contributed by atoms with Crippen LogP contribution in [0, 0.1) is 0 Å². The fraction of sp³-hybridized carbons (Fsp3) is 0.386. The minimum atomic E-state index is -0.963. The molecule has 2 aromatic heterocycles. The molecule has 0 saturated carbocycles. The van der Waals surface area contributed by atoms with E-state index in [1.165, 1.54) is 6.33 Å². The van der Waals surface area contributed by atoms with Crippen LogP contribution in [-0.2, 0) is 14.3 Å². The van der Waals surface area contributed by atoms with Crippen molar-refractivity contribution >= 4 is 40.5 Å². The van der Waals surface area contributed by atoms with Crippen molar-refractivity contribution in [1.29, 1.82) is 0 Å². The number of piperidine rings is 3. The second kappa shape index (κ2) is 16.7. The number of carbonyl (C=O) groups is 4. The molecule has 59 heavy (non-hydrogen) atoms. The Kier molecular flexibility index (Phi) is 10.9. The number of anilines is 1. The molecule has 304 valence electrons. The molecule has 0 spiro atoms. The molecule has 5 aromatic rings. The van der Waals surface area contributed by atoms with Gasteiger partial charge in [-0.1, -0.05) is 24.3 Å². The number of benzene rings is 3. The number of carbonyl (C=O) groups excluding carboxylic acids is 4. The largest absolute Gasteiger partial charge is 0.457 e. The Balaban J connectivity index is 0.746. The van der Waals surface area contributed by atoms with Crippen molar-refractivity contribution in [2.75, 3.05) is 58.2 Å². The first-order valence-corrected chi connectivity index (χ1v) is 20.5. The summed E-state index contributed by atoms with van der Waals surface area (Å²) in [6.07, 6.45) is 5.63. The number of ether oxygens (including phenoxy) is 2. The van der Waals surface area contributed by atoms with Crippen molar-refractivity contribution < 1.29 is 28.7 Å². The summed E-state index contributed by atoms with van der Waals surface area (Å²) in [6.45, 7) is 6.60. The summed E-state index contributed by atoms with van der Waals surface area (Å²) in [4.78, 5) is 65.3. The summed E-state index contributed by atoms with van der Waals surface area (Å²) in [5.41, 5.74) is 10.5.